The highest BCUT2D eigenvalue weighted by Gasteiger charge is 2.27. The smallest absolute Gasteiger partial charge is 0.410 e. The lowest BCUT2D eigenvalue weighted by Crippen LogP contribution is -2.50. The number of β-amino-alcohol motifs (C(OH)–C–C–N with tert-alkyl or cyclic N) is 1. The zero-order chi connectivity index (χ0) is 19.3. The molecule has 0 spiro atoms. The lowest BCUT2D eigenvalue weighted by Gasteiger charge is -2.36. The van der Waals surface area contributed by atoms with E-state index in [0.717, 1.165) is 0 Å². The van der Waals surface area contributed by atoms with Crippen molar-refractivity contribution >= 4 is 6.09 Å². The number of aliphatic hydroxyl groups excluding tert-OH is 1. The molecular weight excluding hydrogens is 336 g/mol. The zero-order valence-corrected chi connectivity index (χ0v) is 16.3. The van der Waals surface area contributed by atoms with Gasteiger partial charge >= 0.3 is 6.09 Å². The molecule has 1 aromatic carbocycles. The summed E-state index contributed by atoms with van der Waals surface area (Å²) in [6.07, 6.45) is -0.986. The number of ether oxygens (including phenoxy) is 3. The fourth-order valence-electron chi connectivity index (χ4n) is 2.88. The lowest BCUT2D eigenvalue weighted by atomic mass is 10.1. The summed E-state index contributed by atoms with van der Waals surface area (Å²) in [6, 6.07) is 5.38. The molecule has 1 aliphatic heterocycles. The van der Waals surface area contributed by atoms with Gasteiger partial charge in [-0.2, -0.15) is 0 Å². The van der Waals surface area contributed by atoms with Crippen LogP contribution >= 0.6 is 0 Å². The SMILES string of the molecule is COc1ccc(OC)c(C(O)CN2CCN(C(=O)OC(C)(C)C)CC2)c1. The molecule has 2 rings (SSSR count). The van der Waals surface area contributed by atoms with Crippen LogP contribution in [0.5, 0.6) is 11.5 Å². The molecule has 7 heteroatoms. The van der Waals surface area contributed by atoms with E-state index in [1.807, 2.05) is 20.8 Å². The van der Waals surface area contributed by atoms with E-state index in [1.54, 1.807) is 37.3 Å². The van der Waals surface area contributed by atoms with Crippen molar-refractivity contribution in [3.63, 3.8) is 0 Å². The highest BCUT2D eigenvalue weighted by Crippen LogP contribution is 2.30. The van der Waals surface area contributed by atoms with Crippen LogP contribution in [0, 0.1) is 0 Å². The molecule has 1 saturated heterocycles. The quantitative estimate of drug-likeness (QED) is 0.862. The Morgan fingerprint density at radius 3 is 2.35 bits per heavy atom. The van der Waals surface area contributed by atoms with Gasteiger partial charge in [0.2, 0.25) is 0 Å². The lowest BCUT2D eigenvalue weighted by molar-refractivity contribution is 0.00999. The molecule has 146 valence electrons. The highest BCUT2D eigenvalue weighted by molar-refractivity contribution is 5.68. The largest absolute Gasteiger partial charge is 0.497 e. The molecule has 7 nitrogen and oxygen atoms in total. The van der Waals surface area contributed by atoms with Gasteiger partial charge in [-0.15, -0.1) is 0 Å². The number of hydrogen-bond donors (Lipinski definition) is 1. The highest BCUT2D eigenvalue weighted by atomic mass is 16.6. The number of carbonyl (C=O) groups excluding carboxylic acids is 1. The van der Waals surface area contributed by atoms with E-state index in [9.17, 15) is 9.90 Å². The molecule has 1 atom stereocenters. The number of benzene rings is 1. The molecule has 26 heavy (non-hydrogen) atoms. The van der Waals surface area contributed by atoms with Crippen molar-refractivity contribution in [1.29, 1.82) is 0 Å². The van der Waals surface area contributed by atoms with Crippen LogP contribution in [0.2, 0.25) is 0 Å². The van der Waals surface area contributed by atoms with Crippen molar-refractivity contribution in [3.05, 3.63) is 23.8 Å². The van der Waals surface area contributed by atoms with E-state index in [2.05, 4.69) is 4.90 Å². The van der Waals surface area contributed by atoms with Crippen LogP contribution in [0.1, 0.15) is 32.4 Å². The van der Waals surface area contributed by atoms with Gasteiger partial charge in [0.1, 0.15) is 17.1 Å². The van der Waals surface area contributed by atoms with Crippen molar-refractivity contribution < 1.29 is 24.1 Å². The Morgan fingerprint density at radius 2 is 1.81 bits per heavy atom. The normalized spacial score (nSPS) is 16.9. The Kier molecular flexibility index (Phi) is 6.72. The molecule has 0 radical (unpaired) electrons. The molecule has 1 amide bonds. The maximum atomic E-state index is 12.1. The Labute approximate surface area is 155 Å². The first-order valence-electron chi connectivity index (χ1n) is 8.84. The Balaban J connectivity index is 1.92. The van der Waals surface area contributed by atoms with Crippen LogP contribution in [0.3, 0.4) is 0 Å². The molecule has 0 saturated carbocycles. The molecule has 0 aromatic heterocycles. The number of nitrogens with zero attached hydrogens (tertiary/aromatic N) is 2. The molecule has 1 aliphatic rings. The van der Waals surface area contributed by atoms with Crippen molar-refractivity contribution in [1.82, 2.24) is 9.80 Å². The van der Waals surface area contributed by atoms with Gasteiger partial charge in [0.25, 0.3) is 0 Å². The first-order chi connectivity index (χ1) is 12.2. The van der Waals surface area contributed by atoms with E-state index in [0.29, 0.717) is 49.8 Å². The Bertz CT molecular complexity index is 606. The van der Waals surface area contributed by atoms with Crippen molar-refractivity contribution in [3.8, 4) is 11.5 Å². The minimum Gasteiger partial charge on any atom is -0.497 e. The van der Waals surface area contributed by atoms with Crippen LogP contribution in [0.25, 0.3) is 0 Å². The number of rotatable bonds is 5. The first-order valence-corrected chi connectivity index (χ1v) is 8.84. The third-order valence-corrected chi connectivity index (χ3v) is 4.25. The summed E-state index contributed by atoms with van der Waals surface area (Å²) in [7, 11) is 3.17. The number of amides is 1. The fourth-order valence-corrected chi connectivity index (χ4v) is 2.88. The van der Waals surface area contributed by atoms with Crippen LogP contribution in [-0.4, -0.2) is 73.5 Å². The molecule has 1 fully saturated rings. The van der Waals surface area contributed by atoms with Crippen molar-refractivity contribution in [2.45, 2.75) is 32.5 Å². The van der Waals surface area contributed by atoms with E-state index < -0.39 is 11.7 Å². The number of aliphatic hydroxyl groups is 1. The van der Waals surface area contributed by atoms with Gasteiger partial charge in [-0.05, 0) is 39.0 Å². The maximum Gasteiger partial charge on any atom is 0.410 e. The Morgan fingerprint density at radius 1 is 1.15 bits per heavy atom. The molecule has 1 N–H and O–H groups in total. The summed E-state index contributed by atoms with van der Waals surface area (Å²) in [5.74, 6) is 1.31. The monoisotopic (exact) mass is 366 g/mol. The van der Waals surface area contributed by atoms with E-state index in [-0.39, 0.29) is 6.09 Å². The van der Waals surface area contributed by atoms with E-state index in [1.165, 1.54) is 0 Å². The third kappa shape index (κ3) is 5.51. The average molecular weight is 366 g/mol. The standard InChI is InChI=1S/C19H30N2O5/c1-19(2,3)26-18(23)21-10-8-20(9-11-21)13-16(22)15-12-14(24-4)6-7-17(15)25-5/h6-7,12,16,22H,8-11,13H2,1-5H3. The maximum absolute atomic E-state index is 12.1. The van der Waals surface area contributed by atoms with Gasteiger partial charge in [-0.25, -0.2) is 4.79 Å². The molecule has 0 aliphatic carbocycles. The van der Waals surface area contributed by atoms with Crippen LogP contribution in [-0.2, 0) is 4.74 Å². The van der Waals surface area contributed by atoms with Crippen molar-refractivity contribution in [2.24, 2.45) is 0 Å². The van der Waals surface area contributed by atoms with Crippen LogP contribution < -0.4 is 9.47 Å². The Hall–Kier alpha value is -1.99. The second-order valence-electron chi connectivity index (χ2n) is 7.39. The molecule has 1 aromatic rings. The fraction of sp³-hybridized carbons (Fsp3) is 0.632. The zero-order valence-electron chi connectivity index (χ0n) is 16.3. The second-order valence-corrected chi connectivity index (χ2v) is 7.39. The number of carbonyl (C=O) groups is 1. The first kappa shape index (κ1) is 20.3. The van der Waals surface area contributed by atoms with E-state index in [4.69, 9.17) is 14.2 Å². The third-order valence-electron chi connectivity index (χ3n) is 4.25. The van der Waals surface area contributed by atoms with Gasteiger partial charge in [0.15, 0.2) is 0 Å². The summed E-state index contributed by atoms with van der Waals surface area (Å²) in [5, 5.41) is 10.7. The molecule has 1 heterocycles. The van der Waals surface area contributed by atoms with Gasteiger partial charge in [-0.1, -0.05) is 0 Å². The number of methoxy groups -OCH3 is 2. The minimum atomic E-state index is -0.701. The summed E-state index contributed by atoms with van der Waals surface area (Å²) in [6.45, 7) is 8.57. The van der Waals surface area contributed by atoms with Crippen molar-refractivity contribution in [2.75, 3.05) is 46.9 Å². The van der Waals surface area contributed by atoms with Gasteiger partial charge in [-0.3, -0.25) is 4.90 Å². The van der Waals surface area contributed by atoms with Gasteiger partial charge in [0.05, 0.1) is 20.3 Å². The van der Waals surface area contributed by atoms with Gasteiger partial charge < -0.3 is 24.2 Å². The summed E-state index contributed by atoms with van der Waals surface area (Å²) in [5.41, 5.74) is 0.203. The van der Waals surface area contributed by atoms with Crippen LogP contribution in [0.15, 0.2) is 18.2 Å². The second kappa shape index (κ2) is 8.60. The number of piperazine rings is 1. The summed E-state index contributed by atoms with van der Waals surface area (Å²) in [4.78, 5) is 16.0. The van der Waals surface area contributed by atoms with E-state index >= 15 is 0 Å². The molecular formula is C19H30N2O5. The average Bonchev–Trinajstić information content (AvgIpc) is 2.60. The minimum absolute atomic E-state index is 0.285. The molecule has 0 bridgehead atoms. The van der Waals surface area contributed by atoms with Gasteiger partial charge in [0, 0.05) is 38.3 Å². The summed E-state index contributed by atoms with van der Waals surface area (Å²) >= 11 is 0. The topological polar surface area (TPSA) is 71.5 Å². The molecule has 1 unspecified atom stereocenters. The van der Waals surface area contributed by atoms with Crippen LogP contribution in [0.4, 0.5) is 4.79 Å². The predicted molar refractivity (Wildman–Crippen MR) is 98.8 cm³/mol. The summed E-state index contributed by atoms with van der Waals surface area (Å²) < 4.78 is 16.0. The predicted octanol–water partition coefficient (Wildman–Crippen LogP) is 2.29. The number of hydrogen-bond acceptors (Lipinski definition) is 6.